The van der Waals surface area contributed by atoms with Crippen LogP contribution in [0.15, 0.2) is 19.5 Å². The monoisotopic (exact) mass is 535 g/mol. The molecule has 1 aliphatic rings. The first kappa shape index (κ1) is 16.1. The summed E-state index contributed by atoms with van der Waals surface area (Å²) in [5.74, 6) is 0. The minimum absolute atomic E-state index is 0. The van der Waals surface area contributed by atoms with Crippen LogP contribution in [-0.2, 0) is 5.41 Å². The molecule has 1 aromatic rings. The second-order valence-corrected chi connectivity index (χ2v) is 7.09. The summed E-state index contributed by atoms with van der Waals surface area (Å²) in [5, 5.41) is 0. The predicted octanol–water partition coefficient (Wildman–Crippen LogP) is 2.00. The first-order valence-corrected chi connectivity index (χ1v) is 7.42. The van der Waals surface area contributed by atoms with Gasteiger partial charge in [-0.2, -0.15) is 0 Å². The molecule has 0 N–H and O–H groups in total. The van der Waals surface area contributed by atoms with Crippen molar-refractivity contribution in [3.63, 3.8) is 0 Å². The zero-order valence-electron chi connectivity index (χ0n) is 10.0. The maximum atomic E-state index is 3.70. The fourth-order valence-electron chi connectivity index (χ4n) is 2.22. The lowest BCUT2D eigenvalue weighted by Crippen LogP contribution is -3.00. The Hall–Kier alpha value is 1.06. The molecule has 1 nitrogen and oxygen atoms in total. The Bertz CT molecular complexity index is 521. The second kappa shape index (κ2) is 5.21. The zero-order valence-corrected chi connectivity index (χ0v) is 17.0. The van der Waals surface area contributed by atoms with E-state index < -0.39 is 0 Å². The van der Waals surface area contributed by atoms with Crippen molar-refractivity contribution >= 4 is 59.2 Å². The molecule has 1 aromatic carbocycles. The van der Waals surface area contributed by atoms with Gasteiger partial charge in [-0.05, 0) is 61.6 Å². The van der Waals surface area contributed by atoms with Crippen LogP contribution in [0, 0.1) is 0 Å². The highest BCUT2D eigenvalue weighted by atomic mass is 127. The van der Waals surface area contributed by atoms with E-state index in [1.54, 1.807) is 0 Å². The van der Waals surface area contributed by atoms with Gasteiger partial charge in [0.05, 0.1) is 11.0 Å². The molecule has 0 fully saturated rings. The van der Waals surface area contributed by atoms with E-state index in [9.17, 15) is 0 Å². The van der Waals surface area contributed by atoms with E-state index >= 15 is 0 Å². The molecule has 0 aromatic heterocycles. The van der Waals surface area contributed by atoms with Gasteiger partial charge in [0, 0.05) is 26.4 Å². The zero-order chi connectivity index (χ0) is 12.2. The van der Waals surface area contributed by atoms with Gasteiger partial charge in [0.25, 0.3) is 0 Å². The second-order valence-electron chi connectivity index (χ2n) is 4.65. The molecule has 0 amide bonds. The van der Waals surface area contributed by atoms with Gasteiger partial charge >= 0.3 is 0 Å². The summed E-state index contributed by atoms with van der Waals surface area (Å²) in [4.78, 5) is 0. The van der Waals surface area contributed by atoms with Crippen LogP contribution in [0.2, 0.25) is 0 Å². The Morgan fingerprint density at radius 3 is 2.18 bits per heavy atom. The highest BCUT2D eigenvalue weighted by Gasteiger charge is 2.44. The number of halogens is 4. The van der Waals surface area contributed by atoms with Crippen molar-refractivity contribution < 1.29 is 28.6 Å². The summed E-state index contributed by atoms with van der Waals surface area (Å²) >= 11 is 10.9. The van der Waals surface area contributed by atoms with Gasteiger partial charge in [0.1, 0.15) is 7.05 Å². The van der Waals surface area contributed by atoms with Gasteiger partial charge < -0.3 is 24.0 Å². The Labute approximate surface area is 144 Å². The summed E-state index contributed by atoms with van der Waals surface area (Å²) < 4.78 is 5.57. The average Bonchev–Trinajstić information content (AvgIpc) is 2.37. The topological polar surface area (TPSA) is 3.01 Å². The lowest BCUT2D eigenvalue weighted by molar-refractivity contribution is -0.403. The van der Waals surface area contributed by atoms with Crippen molar-refractivity contribution in [2.75, 3.05) is 7.05 Å². The largest absolute Gasteiger partial charge is 1.00 e. The number of nitrogens with zero attached hydrogens (tertiary/aromatic N) is 1. The van der Waals surface area contributed by atoms with E-state index in [1.807, 2.05) is 0 Å². The molecule has 94 valence electrons. The van der Waals surface area contributed by atoms with E-state index in [4.69, 9.17) is 0 Å². The SMILES string of the molecule is CC1=[N+](C)c2cc(Br)c(Br)c(Br)c2C1(C)C.[I-]. The van der Waals surface area contributed by atoms with E-state index in [0.29, 0.717) is 0 Å². The van der Waals surface area contributed by atoms with Crippen molar-refractivity contribution in [3.05, 3.63) is 25.0 Å². The molecule has 1 heterocycles. The lowest BCUT2D eigenvalue weighted by Gasteiger charge is -2.17. The molecule has 0 spiro atoms. The molecule has 0 unspecified atom stereocenters. The van der Waals surface area contributed by atoms with Gasteiger partial charge in [-0.15, -0.1) is 0 Å². The lowest BCUT2D eigenvalue weighted by atomic mass is 9.82. The van der Waals surface area contributed by atoms with Gasteiger partial charge in [0.15, 0.2) is 5.71 Å². The van der Waals surface area contributed by atoms with Gasteiger partial charge in [-0.1, -0.05) is 0 Å². The predicted molar refractivity (Wildman–Crippen MR) is 79.1 cm³/mol. The molecule has 17 heavy (non-hydrogen) atoms. The van der Waals surface area contributed by atoms with Crippen molar-refractivity contribution in [1.82, 2.24) is 0 Å². The highest BCUT2D eigenvalue weighted by molar-refractivity contribution is 9.14. The molecule has 0 aliphatic carbocycles. The van der Waals surface area contributed by atoms with Crippen LogP contribution in [0.1, 0.15) is 26.3 Å². The van der Waals surface area contributed by atoms with Crippen LogP contribution < -0.4 is 24.0 Å². The molecule has 0 bridgehead atoms. The van der Waals surface area contributed by atoms with Gasteiger partial charge in [-0.3, -0.25) is 0 Å². The van der Waals surface area contributed by atoms with Crippen molar-refractivity contribution in [3.8, 4) is 0 Å². The number of hydrogen-bond donors (Lipinski definition) is 0. The molecule has 1 aliphatic heterocycles. The molecule has 0 saturated carbocycles. The molecule has 0 radical (unpaired) electrons. The van der Waals surface area contributed by atoms with Crippen LogP contribution >= 0.6 is 47.8 Å². The molecular weight excluding hydrogens is 525 g/mol. The summed E-state index contributed by atoms with van der Waals surface area (Å²) in [6, 6.07) is 2.17. The van der Waals surface area contributed by atoms with Crippen LogP contribution in [0.3, 0.4) is 0 Å². The molecule has 0 atom stereocenters. The van der Waals surface area contributed by atoms with Crippen LogP contribution in [0.4, 0.5) is 5.69 Å². The quantitative estimate of drug-likeness (QED) is 0.271. The van der Waals surface area contributed by atoms with Gasteiger partial charge in [0.2, 0.25) is 5.69 Å². The first-order chi connectivity index (χ1) is 7.28. The Balaban J connectivity index is 0.00000144. The fraction of sp³-hybridized carbons (Fsp3) is 0.417. The molecule has 0 saturated heterocycles. The standard InChI is InChI=1S/C12H13Br3N.HI/c1-6-12(2,3)9-8(16(6)4)5-7(13)10(14)11(9)15;/h5H,1-4H3;1H/q+1;/p-1. The Morgan fingerprint density at radius 1 is 1.12 bits per heavy atom. The number of fused-ring (bicyclic) bond motifs is 1. The van der Waals surface area contributed by atoms with Crippen LogP contribution in [0.5, 0.6) is 0 Å². The van der Waals surface area contributed by atoms with Crippen LogP contribution in [0.25, 0.3) is 0 Å². The number of hydrogen-bond acceptors (Lipinski definition) is 0. The average molecular weight is 538 g/mol. The summed E-state index contributed by atoms with van der Waals surface area (Å²) in [7, 11) is 2.12. The van der Waals surface area contributed by atoms with Crippen molar-refractivity contribution in [2.45, 2.75) is 26.2 Å². The summed E-state index contributed by atoms with van der Waals surface area (Å²) in [6.07, 6.45) is 0. The third kappa shape index (κ3) is 2.30. The van der Waals surface area contributed by atoms with E-state index in [2.05, 4.69) is 86.3 Å². The Kier molecular flexibility index (Phi) is 4.94. The van der Waals surface area contributed by atoms with Crippen molar-refractivity contribution in [1.29, 1.82) is 0 Å². The smallest absolute Gasteiger partial charge is 0.211 e. The summed E-state index contributed by atoms with van der Waals surface area (Å²) in [5.41, 5.74) is 4.06. The summed E-state index contributed by atoms with van der Waals surface area (Å²) in [6.45, 7) is 6.71. The fourth-order valence-corrected chi connectivity index (χ4v) is 4.13. The number of rotatable bonds is 0. The molecule has 2 rings (SSSR count). The molecule has 5 heteroatoms. The number of benzene rings is 1. The minimum Gasteiger partial charge on any atom is -1.00 e. The van der Waals surface area contributed by atoms with E-state index in [0.717, 1.165) is 13.4 Å². The van der Waals surface area contributed by atoms with E-state index in [1.165, 1.54) is 17.0 Å². The third-order valence-corrected chi connectivity index (χ3v) is 6.84. The van der Waals surface area contributed by atoms with Crippen molar-refractivity contribution in [2.24, 2.45) is 0 Å². The third-order valence-electron chi connectivity index (χ3n) is 3.54. The maximum absolute atomic E-state index is 3.70. The first-order valence-electron chi connectivity index (χ1n) is 5.04. The normalized spacial score (nSPS) is 16.9. The minimum atomic E-state index is 0. The Morgan fingerprint density at radius 2 is 1.65 bits per heavy atom. The highest BCUT2D eigenvalue weighted by Crippen LogP contribution is 2.48. The maximum Gasteiger partial charge on any atom is 0.211 e. The van der Waals surface area contributed by atoms with Crippen LogP contribution in [-0.4, -0.2) is 17.3 Å². The van der Waals surface area contributed by atoms with E-state index in [-0.39, 0.29) is 29.4 Å². The van der Waals surface area contributed by atoms with Gasteiger partial charge in [-0.25, -0.2) is 4.58 Å². The molecular formula is C12H13Br3IN.